The van der Waals surface area contributed by atoms with E-state index in [0.717, 1.165) is 24.1 Å². The SMILES string of the molecule is C[C@H]1C2C[C@@]3(O[C@H](C4CCCCC4)N=C3C[C@@H]1c1ccccc1)N(Cc1ccccc1)C2=O. The second-order valence-electron chi connectivity index (χ2n) is 10.6. The molecule has 1 amide bonds. The highest BCUT2D eigenvalue weighted by Gasteiger charge is 2.62. The highest BCUT2D eigenvalue weighted by atomic mass is 16.6. The van der Waals surface area contributed by atoms with Crippen LogP contribution in [0.5, 0.6) is 0 Å². The van der Waals surface area contributed by atoms with Gasteiger partial charge in [0.05, 0.1) is 5.71 Å². The third-order valence-electron chi connectivity index (χ3n) is 8.71. The molecular weight excluding hydrogens is 408 g/mol. The Bertz CT molecular complexity index is 1030. The third-order valence-corrected chi connectivity index (χ3v) is 8.71. The van der Waals surface area contributed by atoms with Crippen LogP contribution in [0, 0.1) is 17.8 Å². The minimum Gasteiger partial charge on any atom is -0.325 e. The minimum absolute atomic E-state index is 0.0308. The van der Waals surface area contributed by atoms with Gasteiger partial charge in [-0.25, -0.2) is 0 Å². The van der Waals surface area contributed by atoms with Crippen LogP contribution in [0.15, 0.2) is 65.7 Å². The average molecular weight is 443 g/mol. The van der Waals surface area contributed by atoms with Crippen molar-refractivity contribution >= 4 is 11.6 Å². The third kappa shape index (κ3) is 3.54. The van der Waals surface area contributed by atoms with Gasteiger partial charge in [-0.15, -0.1) is 0 Å². The van der Waals surface area contributed by atoms with E-state index in [1.165, 1.54) is 37.7 Å². The van der Waals surface area contributed by atoms with E-state index in [0.29, 0.717) is 18.4 Å². The number of carbonyl (C=O) groups is 1. The van der Waals surface area contributed by atoms with E-state index in [9.17, 15) is 4.79 Å². The summed E-state index contributed by atoms with van der Waals surface area (Å²) in [5.41, 5.74) is 2.92. The summed E-state index contributed by atoms with van der Waals surface area (Å²) in [5, 5.41) is 0. The maximum Gasteiger partial charge on any atom is 0.229 e. The lowest BCUT2D eigenvalue weighted by atomic mass is 9.77. The number of hydrogen-bond acceptors (Lipinski definition) is 3. The van der Waals surface area contributed by atoms with Gasteiger partial charge >= 0.3 is 0 Å². The molecule has 4 nitrogen and oxygen atoms in total. The molecule has 1 unspecified atom stereocenters. The highest BCUT2D eigenvalue weighted by Crippen LogP contribution is 2.53. The van der Waals surface area contributed by atoms with Crippen LogP contribution >= 0.6 is 0 Å². The van der Waals surface area contributed by atoms with Gasteiger partial charge < -0.3 is 9.64 Å². The molecule has 2 bridgehead atoms. The van der Waals surface area contributed by atoms with Gasteiger partial charge in [0.2, 0.25) is 5.91 Å². The Balaban J connectivity index is 1.40. The summed E-state index contributed by atoms with van der Waals surface area (Å²) in [6.07, 6.45) is 7.74. The van der Waals surface area contributed by atoms with Crippen molar-refractivity contribution in [1.29, 1.82) is 0 Å². The van der Waals surface area contributed by atoms with Gasteiger partial charge in [0.25, 0.3) is 0 Å². The summed E-state index contributed by atoms with van der Waals surface area (Å²) in [7, 11) is 0. The number of benzene rings is 2. The summed E-state index contributed by atoms with van der Waals surface area (Å²) < 4.78 is 6.95. The first-order valence-corrected chi connectivity index (χ1v) is 12.8. The molecule has 0 radical (unpaired) electrons. The molecular formula is C29H34N2O2. The van der Waals surface area contributed by atoms with Crippen molar-refractivity contribution in [3.63, 3.8) is 0 Å². The predicted octanol–water partition coefficient (Wildman–Crippen LogP) is 5.93. The second-order valence-corrected chi connectivity index (χ2v) is 10.6. The van der Waals surface area contributed by atoms with Crippen LogP contribution in [-0.2, 0) is 16.1 Å². The Morgan fingerprint density at radius 1 is 0.970 bits per heavy atom. The Labute approximate surface area is 197 Å². The Kier molecular flexibility index (Phi) is 5.37. The first-order chi connectivity index (χ1) is 16.2. The van der Waals surface area contributed by atoms with Crippen LogP contribution in [0.3, 0.4) is 0 Å². The Hall–Kier alpha value is -2.46. The van der Waals surface area contributed by atoms with Crippen molar-refractivity contribution in [2.45, 2.75) is 76.3 Å². The van der Waals surface area contributed by atoms with E-state index >= 15 is 0 Å². The highest BCUT2D eigenvalue weighted by molar-refractivity contribution is 6.01. The summed E-state index contributed by atoms with van der Waals surface area (Å²) in [4.78, 5) is 21.3. The molecule has 2 aliphatic heterocycles. The van der Waals surface area contributed by atoms with Crippen molar-refractivity contribution in [3.8, 4) is 0 Å². The van der Waals surface area contributed by atoms with E-state index in [1.54, 1.807) is 0 Å². The Morgan fingerprint density at radius 3 is 2.39 bits per heavy atom. The lowest BCUT2D eigenvalue weighted by Crippen LogP contribution is -2.52. The number of hydrogen-bond donors (Lipinski definition) is 0. The van der Waals surface area contributed by atoms with Crippen molar-refractivity contribution in [1.82, 2.24) is 4.90 Å². The number of amides is 1. The second kappa shape index (κ2) is 8.39. The first kappa shape index (κ1) is 21.1. The molecule has 33 heavy (non-hydrogen) atoms. The summed E-state index contributed by atoms with van der Waals surface area (Å²) in [6, 6.07) is 21.1. The number of rotatable bonds is 4. The van der Waals surface area contributed by atoms with Gasteiger partial charge in [-0.2, -0.15) is 0 Å². The molecule has 4 aliphatic rings. The normalized spacial score (nSPS) is 34.2. The summed E-state index contributed by atoms with van der Waals surface area (Å²) in [5.74, 6) is 1.24. The Morgan fingerprint density at radius 2 is 1.67 bits per heavy atom. The van der Waals surface area contributed by atoms with Gasteiger partial charge in [-0.1, -0.05) is 86.8 Å². The standard InChI is InChI=1S/C29H34N2O2/c1-20-24(22-13-7-3-8-14-22)17-26-29(33-27(30-26)23-15-9-4-10-16-23)18-25(20)28(32)31(29)19-21-11-5-2-6-12-21/h2-3,5-8,11-14,20,23-25,27H,4,9-10,15-19H2,1H3/t20-,24+,25?,27-,29+/m1/s1. The fourth-order valence-corrected chi connectivity index (χ4v) is 6.82. The van der Waals surface area contributed by atoms with E-state index in [-0.39, 0.29) is 24.0 Å². The molecule has 4 heteroatoms. The van der Waals surface area contributed by atoms with Gasteiger partial charge in [0, 0.05) is 24.8 Å². The molecule has 172 valence electrons. The van der Waals surface area contributed by atoms with E-state index in [4.69, 9.17) is 9.73 Å². The van der Waals surface area contributed by atoms with Gasteiger partial charge in [-0.3, -0.25) is 9.79 Å². The number of nitrogens with zero attached hydrogens (tertiary/aromatic N) is 2. The van der Waals surface area contributed by atoms with Crippen LogP contribution in [0.4, 0.5) is 0 Å². The fraction of sp³-hybridized carbons (Fsp3) is 0.517. The number of carbonyl (C=O) groups excluding carboxylic acids is 1. The van der Waals surface area contributed by atoms with Crippen molar-refractivity contribution in [2.75, 3.05) is 0 Å². The van der Waals surface area contributed by atoms with Crippen molar-refractivity contribution < 1.29 is 9.53 Å². The van der Waals surface area contributed by atoms with E-state index < -0.39 is 5.72 Å². The monoisotopic (exact) mass is 442 g/mol. The van der Waals surface area contributed by atoms with Crippen molar-refractivity contribution in [3.05, 3.63) is 71.8 Å². The molecule has 2 heterocycles. The maximum atomic E-state index is 13.9. The number of ether oxygens (including phenoxy) is 1. The summed E-state index contributed by atoms with van der Waals surface area (Å²) >= 11 is 0. The molecule has 2 aliphatic carbocycles. The van der Waals surface area contributed by atoms with Crippen LogP contribution in [0.1, 0.15) is 68.9 Å². The van der Waals surface area contributed by atoms with E-state index in [1.807, 2.05) is 11.0 Å². The molecule has 0 aromatic heterocycles. The quantitative estimate of drug-likeness (QED) is 0.589. The van der Waals surface area contributed by atoms with Crippen molar-refractivity contribution in [2.24, 2.45) is 22.7 Å². The van der Waals surface area contributed by atoms with Crippen LogP contribution in [0.25, 0.3) is 0 Å². The topological polar surface area (TPSA) is 41.9 Å². The zero-order chi connectivity index (χ0) is 22.4. The molecule has 2 saturated carbocycles. The molecule has 2 aromatic rings. The number of aliphatic imine (C=N–C) groups is 1. The molecule has 1 spiro atoms. The van der Waals surface area contributed by atoms with Crippen LogP contribution in [-0.4, -0.2) is 28.5 Å². The van der Waals surface area contributed by atoms with Crippen LogP contribution in [0.2, 0.25) is 0 Å². The maximum absolute atomic E-state index is 13.9. The average Bonchev–Trinajstić information content (AvgIpc) is 3.32. The largest absolute Gasteiger partial charge is 0.325 e. The smallest absolute Gasteiger partial charge is 0.229 e. The van der Waals surface area contributed by atoms with Gasteiger partial charge in [-0.05, 0) is 42.2 Å². The number of fused-ring (bicyclic) bond motifs is 1. The zero-order valence-electron chi connectivity index (χ0n) is 19.5. The minimum atomic E-state index is -0.669. The lowest BCUT2D eigenvalue weighted by molar-refractivity contribution is -0.155. The predicted molar refractivity (Wildman–Crippen MR) is 130 cm³/mol. The van der Waals surface area contributed by atoms with E-state index in [2.05, 4.69) is 61.5 Å². The van der Waals surface area contributed by atoms with Gasteiger partial charge in [0.15, 0.2) is 12.0 Å². The lowest BCUT2D eigenvalue weighted by Gasteiger charge is -2.38. The molecule has 2 aromatic carbocycles. The van der Waals surface area contributed by atoms with Gasteiger partial charge in [0.1, 0.15) is 0 Å². The molecule has 6 rings (SSSR count). The molecule has 1 saturated heterocycles. The van der Waals surface area contributed by atoms with Crippen LogP contribution < -0.4 is 0 Å². The zero-order valence-corrected chi connectivity index (χ0v) is 19.5. The molecule has 5 atom stereocenters. The molecule has 0 N–H and O–H groups in total. The number of likely N-dealkylation sites (tertiary alicyclic amines) is 1. The first-order valence-electron chi connectivity index (χ1n) is 12.8. The fourth-order valence-electron chi connectivity index (χ4n) is 6.82. The molecule has 3 fully saturated rings. The summed E-state index contributed by atoms with van der Waals surface area (Å²) in [6.45, 7) is 2.86.